The van der Waals surface area contributed by atoms with Gasteiger partial charge in [-0.2, -0.15) is 23.4 Å². The second-order valence-electron chi connectivity index (χ2n) is 6.84. The van der Waals surface area contributed by atoms with E-state index in [1.807, 2.05) is 0 Å². The summed E-state index contributed by atoms with van der Waals surface area (Å²) in [6.45, 7) is 0. The van der Waals surface area contributed by atoms with Crippen molar-refractivity contribution < 1.29 is 18.0 Å². The van der Waals surface area contributed by atoms with Gasteiger partial charge in [0, 0.05) is 37.1 Å². The lowest BCUT2D eigenvalue weighted by Gasteiger charge is -2.22. The van der Waals surface area contributed by atoms with Crippen molar-refractivity contribution >= 4 is 5.91 Å². The van der Waals surface area contributed by atoms with Gasteiger partial charge in [-0.1, -0.05) is 0 Å². The van der Waals surface area contributed by atoms with Gasteiger partial charge in [0.2, 0.25) is 5.56 Å². The number of alkyl halides is 3. The van der Waals surface area contributed by atoms with Crippen LogP contribution in [0.1, 0.15) is 46.3 Å². The minimum absolute atomic E-state index is 0.169. The van der Waals surface area contributed by atoms with E-state index < -0.39 is 17.8 Å². The molecule has 0 fully saturated rings. The van der Waals surface area contributed by atoms with E-state index in [1.165, 1.54) is 19.3 Å². The van der Waals surface area contributed by atoms with Crippen LogP contribution in [0.4, 0.5) is 13.2 Å². The van der Waals surface area contributed by atoms with Gasteiger partial charge in [0.1, 0.15) is 5.69 Å². The molecule has 0 saturated heterocycles. The van der Waals surface area contributed by atoms with Crippen LogP contribution in [-0.2, 0) is 19.6 Å². The fraction of sp³-hybridized carbons (Fsp3) is 0.333. The van der Waals surface area contributed by atoms with Gasteiger partial charge in [-0.25, -0.2) is 4.68 Å². The van der Waals surface area contributed by atoms with Gasteiger partial charge >= 0.3 is 6.18 Å². The van der Waals surface area contributed by atoms with Crippen LogP contribution in [0.2, 0.25) is 0 Å². The summed E-state index contributed by atoms with van der Waals surface area (Å²) in [6, 6.07) is 3.37. The number of amides is 1. The highest BCUT2D eigenvalue weighted by Gasteiger charge is 2.36. The summed E-state index contributed by atoms with van der Waals surface area (Å²) in [5.41, 5.74) is 0.747. The standard InChI is InChI=1S/C18H17F3N6O2/c1-26-14(7-15(25-26)18(19,20)21)17(29)23-12-3-2-4-13-11(12)9-27(24-13)10-5-6-16(28)22-8-10/h5-9,12H,2-4H2,1H3,(H,22,28)(H,23,29)/t12-/m1/s1. The Morgan fingerprint density at radius 1 is 1.31 bits per heavy atom. The number of aryl methyl sites for hydroxylation is 2. The Bertz CT molecular complexity index is 1110. The molecule has 11 heteroatoms. The average molecular weight is 406 g/mol. The van der Waals surface area contributed by atoms with Crippen molar-refractivity contribution in [2.24, 2.45) is 7.05 Å². The molecule has 1 aliphatic carbocycles. The first kappa shape index (κ1) is 19.0. The van der Waals surface area contributed by atoms with Crippen molar-refractivity contribution in [3.05, 3.63) is 63.6 Å². The maximum atomic E-state index is 12.8. The number of aromatic nitrogens is 5. The first-order chi connectivity index (χ1) is 13.7. The van der Waals surface area contributed by atoms with E-state index in [0.717, 1.165) is 34.8 Å². The summed E-state index contributed by atoms with van der Waals surface area (Å²) in [5, 5.41) is 10.7. The molecule has 1 amide bonds. The number of nitrogens with one attached hydrogen (secondary N) is 2. The van der Waals surface area contributed by atoms with Crippen LogP contribution in [0.15, 0.2) is 35.4 Å². The van der Waals surface area contributed by atoms with Crippen LogP contribution in [0.25, 0.3) is 5.69 Å². The zero-order valence-electron chi connectivity index (χ0n) is 15.3. The van der Waals surface area contributed by atoms with Crippen molar-refractivity contribution in [1.82, 2.24) is 29.9 Å². The van der Waals surface area contributed by atoms with Gasteiger partial charge in [-0.3, -0.25) is 14.3 Å². The van der Waals surface area contributed by atoms with Gasteiger partial charge in [0.05, 0.1) is 17.4 Å². The Hall–Kier alpha value is -3.37. The second-order valence-corrected chi connectivity index (χ2v) is 6.84. The lowest BCUT2D eigenvalue weighted by atomic mass is 9.93. The Morgan fingerprint density at radius 3 is 2.76 bits per heavy atom. The van der Waals surface area contributed by atoms with Crippen molar-refractivity contribution in [2.75, 3.05) is 0 Å². The van der Waals surface area contributed by atoms with Crippen LogP contribution < -0.4 is 10.9 Å². The Morgan fingerprint density at radius 2 is 2.10 bits per heavy atom. The minimum Gasteiger partial charge on any atom is -0.344 e. The normalized spacial score (nSPS) is 16.5. The highest BCUT2D eigenvalue weighted by atomic mass is 19.4. The average Bonchev–Trinajstić information content (AvgIpc) is 3.26. The SMILES string of the molecule is Cn1nc(C(F)(F)F)cc1C(=O)N[C@@H]1CCCc2nn(-c3ccc(=O)[nH]c3)cc21. The van der Waals surface area contributed by atoms with Gasteiger partial charge in [0.15, 0.2) is 5.69 Å². The first-order valence-corrected chi connectivity index (χ1v) is 8.92. The number of H-pyrrole nitrogens is 1. The molecule has 0 unspecified atom stereocenters. The molecular weight excluding hydrogens is 389 g/mol. The Labute approximate surface area is 162 Å². The van der Waals surface area contributed by atoms with Crippen LogP contribution in [0.3, 0.4) is 0 Å². The molecule has 3 aromatic heterocycles. The molecule has 0 aliphatic heterocycles. The molecule has 3 heterocycles. The van der Waals surface area contributed by atoms with E-state index in [2.05, 4.69) is 20.5 Å². The van der Waals surface area contributed by atoms with Gasteiger partial charge in [0.25, 0.3) is 5.91 Å². The predicted molar refractivity (Wildman–Crippen MR) is 95.5 cm³/mol. The summed E-state index contributed by atoms with van der Waals surface area (Å²) in [4.78, 5) is 26.4. The number of carbonyl (C=O) groups is 1. The summed E-state index contributed by atoms with van der Waals surface area (Å²) >= 11 is 0. The highest BCUT2D eigenvalue weighted by molar-refractivity contribution is 5.93. The maximum absolute atomic E-state index is 12.8. The molecule has 1 atom stereocenters. The molecule has 0 saturated carbocycles. The van der Waals surface area contributed by atoms with E-state index in [-0.39, 0.29) is 17.3 Å². The molecule has 29 heavy (non-hydrogen) atoms. The number of hydrogen-bond donors (Lipinski definition) is 2. The third kappa shape index (κ3) is 3.67. The van der Waals surface area contributed by atoms with E-state index in [4.69, 9.17) is 0 Å². The van der Waals surface area contributed by atoms with Crippen molar-refractivity contribution in [2.45, 2.75) is 31.5 Å². The summed E-state index contributed by atoms with van der Waals surface area (Å²) in [5.74, 6) is -0.634. The highest BCUT2D eigenvalue weighted by Crippen LogP contribution is 2.31. The fourth-order valence-corrected chi connectivity index (χ4v) is 3.41. The lowest BCUT2D eigenvalue weighted by molar-refractivity contribution is -0.141. The predicted octanol–water partition coefficient (Wildman–Crippen LogP) is 2.12. The molecule has 2 N–H and O–H groups in total. The number of carbonyl (C=O) groups excluding carboxylic acids is 1. The minimum atomic E-state index is -4.62. The van der Waals surface area contributed by atoms with E-state index in [9.17, 15) is 22.8 Å². The van der Waals surface area contributed by atoms with Crippen molar-refractivity contribution in [3.63, 3.8) is 0 Å². The molecule has 3 aromatic rings. The third-order valence-corrected chi connectivity index (χ3v) is 4.85. The van der Waals surface area contributed by atoms with Crippen molar-refractivity contribution in [3.8, 4) is 5.69 Å². The molecule has 1 aliphatic rings. The number of pyridine rings is 1. The van der Waals surface area contributed by atoms with Gasteiger partial charge in [-0.15, -0.1) is 0 Å². The lowest BCUT2D eigenvalue weighted by Crippen LogP contribution is -2.31. The molecule has 0 radical (unpaired) electrons. The number of hydrogen-bond acceptors (Lipinski definition) is 4. The molecule has 152 valence electrons. The fourth-order valence-electron chi connectivity index (χ4n) is 3.41. The van der Waals surface area contributed by atoms with Crippen LogP contribution in [0, 0.1) is 0 Å². The number of halogens is 3. The third-order valence-electron chi connectivity index (χ3n) is 4.85. The number of aromatic amines is 1. The quantitative estimate of drug-likeness (QED) is 0.696. The van der Waals surface area contributed by atoms with Crippen LogP contribution >= 0.6 is 0 Å². The zero-order chi connectivity index (χ0) is 20.8. The topological polar surface area (TPSA) is 97.6 Å². The molecule has 0 spiro atoms. The van der Waals surface area contributed by atoms with Crippen LogP contribution in [0.5, 0.6) is 0 Å². The summed E-state index contributed by atoms with van der Waals surface area (Å²) in [6.07, 6.45) is 0.814. The summed E-state index contributed by atoms with van der Waals surface area (Å²) < 4.78 is 41.1. The first-order valence-electron chi connectivity index (χ1n) is 8.92. The number of fused-ring (bicyclic) bond motifs is 1. The number of nitrogens with zero attached hydrogens (tertiary/aromatic N) is 4. The Balaban J connectivity index is 1.59. The summed E-state index contributed by atoms with van der Waals surface area (Å²) in [7, 11) is 1.30. The zero-order valence-corrected chi connectivity index (χ0v) is 15.3. The molecule has 0 aromatic carbocycles. The number of rotatable bonds is 3. The van der Waals surface area contributed by atoms with Gasteiger partial charge < -0.3 is 10.3 Å². The van der Waals surface area contributed by atoms with Crippen LogP contribution in [-0.4, -0.2) is 30.5 Å². The van der Waals surface area contributed by atoms with E-state index in [1.54, 1.807) is 16.9 Å². The molecule has 8 nitrogen and oxygen atoms in total. The smallest absolute Gasteiger partial charge is 0.344 e. The van der Waals surface area contributed by atoms with Gasteiger partial charge in [-0.05, 0) is 25.3 Å². The Kier molecular flexibility index (Phi) is 4.52. The largest absolute Gasteiger partial charge is 0.435 e. The van der Waals surface area contributed by atoms with E-state index >= 15 is 0 Å². The molecule has 4 rings (SSSR count). The molecule has 0 bridgehead atoms. The second kappa shape index (κ2) is 6.90. The van der Waals surface area contributed by atoms with Crippen molar-refractivity contribution in [1.29, 1.82) is 0 Å². The maximum Gasteiger partial charge on any atom is 0.435 e. The molecular formula is C18H17F3N6O2. The monoisotopic (exact) mass is 406 g/mol. The van der Waals surface area contributed by atoms with E-state index in [0.29, 0.717) is 12.1 Å².